The summed E-state index contributed by atoms with van der Waals surface area (Å²) in [5, 5.41) is 0. The summed E-state index contributed by atoms with van der Waals surface area (Å²) in [6.07, 6.45) is 0.647. The fraction of sp³-hybridized carbons (Fsp3) is 0.467. The highest BCUT2D eigenvalue weighted by molar-refractivity contribution is 7.89. The van der Waals surface area contributed by atoms with Crippen molar-refractivity contribution in [1.29, 1.82) is 0 Å². The van der Waals surface area contributed by atoms with Gasteiger partial charge >= 0.3 is 5.97 Å². The van der Waals surface area contributed by atoms with Crippen LogP contribution in [0.1, 0.15) is 26.2 Å². The molecule has 1 aromatic carbocycles. The minimum Gasteiger partial charge on any atom is -0.451 e. The van der Waals surface area contributed by atoms with Crippen molar-refractivity contribution in [2.75, 3.05) is 6.54 Å². The fourth-order valence-electron chi connectivity index (χ4n) is 2.47. The minimum absolute atomic E-state index is 0.127. The van der Waals surface area contributed by atoms with Gasteiger partial charge in [0.15, 0.2) is 6.10 Å². The maximum atomic E-state index is 12.7. The highest BCUT2D eigenvalue weighted by Crippen LogP contribution is 2.26. The standard InChI is InChI=1S/C15H20N2O5S/c1-11(14(16)18)22-15(19)13-9-5-6-10-17(13)23(20,21)12-7-3-2-4-8-12/h2-4,7-8,11,13H,5-6,9-10H2,1H3,(H2,16,18). The second-order valence-corrected chi connectivity index (χ2v) is 7.31. The average Bonchev–Trinajstić information content (AvgIpc) is 2.55. The van der Waals surface area contributed by atoms with Gasteiger partial charge in [-0.2, -0.15) is 4.31 Å². The first-order chi connectivity index (χ1) is 10.8. The van der Waals surface area contributed by atoms with Gasteiger partial charge in [-0.3, -0.25) is 9.59 Å². The van der Waals surface area contributed by atoms with E-state index in [9.17, 15) is 18.0 Å². The van der Waals surface area contributed by atoms with Gasteiger partial charge in [-0.15, -0.1) is 0 Å². The van der Waals surface area contributed by atoms with E-state index < -0.39 is 34.0 Å². The van der Waals surface area contributed by atoms with Crippen LogP contribution in [0.4, 0.5) is 0 Å². The Morgan fingerprint density at radius 3 is 2.52 bits per heavy atom. The maximum Gasteiger partial charge on any atom is 0.325 e. The first-order valence-corrected chi connectivity index (χ1v) is 8.84. The van der Waals surface area contributed by atoms with Crippen molar-refractivity contribution < 1.29 is 22.7 Å². The Morgan fingerprint density at radius 1 is 1.26 bits per heavy atom. The largest absolute Gasteiger partial charge is 0.451 e. The summed E-state index contributed by atoms with van der Waals surface area (Å²) >= 11 is 0. The number of piperidine rings is 1. The van der Waals surface area contributed by atoms with Crippen molar-refractivity contribution in [3.8, 4) is 0 Å². The Morgan fingerprint density at radius 2 is 1.91 bits per heavy atom. The average molecular weight is 340 g/mol. The van der Waals surface area contributed by atoms with Gasteiger partial charge in [-0.25, -0.2) is 8.42 Å². The van der Waals surface area contributed by atoms with Gasteiger partial charge in [0.1, 0.15) is 6.04 Å². The molecule has 0 aliphatic carbocycles. The van der Waals surface area contributed by atoms with E-state index >= 15 is 0 Å². The minimum atomic E-state index is -3.80. The number of ether oxygens (including phenoxy) is 1. The van der Waals surface area contributed by atoms with Crippen LogP contribution in [-0.4, -0.2) is 43.3 Å². The van der Waals surface area contributed by atoms with Crippen LogP contribution < -0.4 is 5.73 Å². The molecule has 0 bridgehead atoms. The number of nitrogens with two attached hydrogens (primary N) is 1. The van der Waals surface area contributed by atoms with Crippen LogP contribution in [0.2, 0.25) is 0 Å². The highest BCUT2D eigenvalue weighted by atomic mass is 32.2. The maximum absolute atomic E-state index is 12.7. The van der Waals surface area contributed by atoms with Gasteiger partial charge in [0.25, 0.3) is 5.91 Å². The van der Waals surface area contributed by atoms with Crippen molar-refractivity contribution in [3.05, 3.63) is 30.3 Å². The number of esters is 1. The quantitative estimate of drug-likeness (QED) is 0.792. The smallest absolute Gasteiger partial charge is 0.325 e. The Balaban J connectivity index is 2.25. The summed E-state index contributed by atoms with van der Waals surface area (Å²) < 4.78 is 31.6. The van der Waals surface area contributed by atoms with E-state index in [1.54, 1.807) is 18.2 Å². The van der Waals surface area contributed by atoms with E-state index in [0.29, 0.717) is 19.3 Å². The van der Waals surface area contributed by atoms with Crippen molar-refractivity contribution >= 4 is 21.9 Å². The molecule has 7 nitrogen and oxygen atoms in total. The first kappa shape index (κ1) is 17.4. The number of hydrogen-bond acceptors (Lipinski definition) is 5. The number of primary amides is 1. The first-order valence-electron chi connectivity index (χ1n) is 7.40. The lowest BCUT2D eigenvalue weighted by Crippen LogP contribution is -2.49. The summed E-state index contributed by atoms with van der Waals surface area (Å²) in [5.74, 6) is -1.51. The zero-order chi connectivity index (χ0) is 17.0. The number of sulfonamides is 1. The molecule has 1 aliphatic heterocycles. The number of amides is 1. The number of rotatable bonds is 5. The zero-order valence-electron chi connectivity index (χ0n) is 12.8. The van der Waals surface area contributed by atoms with Crippen LogP contribution in [0.3, 0.4) is 0 Å². The second kappa shape index (κ2) is 7.10. The van der Waals surface area contributed by atoms with E-state index in [1.807, 2.05) is 0 Å². The number of carbonyl (C=O) groups excluding carboxylic acids is 2. The lowest BCUT2D eigenvalue weighted by molar-refractivity contribution is -0.158. The molecule has 1 aliphatic rings. The molecule has 0 radical (unpaired) electrons. The summed E-state index contributed by atoms with van der Waals surface area (Å²) in [6.45, 7) is 1.60. The molecular weight excluding hydrogens is 320 g/mol. The molecule has 0 saturated carbocycles. The van der Waals surface area contributed by atoms with E-state index in [-0.39, 0.29) is 11.4 Å². The topological polar surface area (TPSA) is 107 Å². The molecule has 1 fully saturated rings. The molecule has 8 heteroatoms. The third-order valence-corrected chi connectivity index (χ3v) is 5.69. The van der Waals surface area contributed by atoms with Crippen molar-refractivity contribution in [2.24, 2.45) is 5.73 Å². The van der Waals surface area contributed by atoms with Gasteiger partial charge in [0, 0.05) is 6.54 Å². The molecule has 1 saturated heterocycles. The molecule has 126 valence electrons. The van der Waals surface area contributed by atoms with Gasteiger partial charge in [0.2, 0.25) is 10.0 Å². The monoisotopic (exact) mass is 340 g/mol. The Labute approximate surface area is 135 Å². The number of nitrogens with zero attached hydrogens (tertiary/aromatic N) is 1. The lowest BCUT2D eigenvalue weighted by atomic mass is 10.1. The van der Waals surface area contributed by atoms with E-state index in [4.69, 9.17) is 10.5 Å². The zero-order valence-corrected chi connectivity index (χ0v) is 13.7. The molecule has 0 spiro atoms. The number of carbonyl (C=O) groups is 2. The molecule has 0 aromatic heterocycles. The summed E-state index contributed by atoms with van der Waals surface area (Å²) in [5.41, 5.74) is 5.08. The van der Waals surface area contributed by atoms with Crippen LogP contribution in [-0.2, 0) is 24.3 Å². The molecule has 2 rings (SSSR count). The molecule has 2 N–H and O–H groups in total. The molecule has 2 unspecified atom stereocenters. The van der Waals surface area contributed by atoms with E-state index in [2.05, 4.69) is 0 Å². The molecule has 23 heavy (non-hydrogen) atoms. The molecule has 1 amide bonds. The van der Waals surface area contributed by atoms with Gasteiger partial charge in [0.05, 0.1) is 4.90 Å². The van der Waals surface area contributed by atoms with Crippen LogP contribution in [0.15, 0.2) is 35.2 Å². The van der Waals surface area contributed by atoms with Crippen LogP contribution in [0, 0.1) is 0 Å². The van der Waals surface area contributed by atoms with Crippen molar-refractivity contribution in [3.63, 3.8) is 0 Å². The number of benzene rings is 1. The van der Waals surface area contributed by atoms with Crippen LogP contribution in [0.25, 0.3) is 0 Å². The molecule has 2 atom stereocenters. The predicted octanol–water partition coefficient (Wildman–Crippen LogP) is 0.647. The molecule has 1 heterocycles. The highest BCUT2D eigenvalue weighted by Gasteiger charge is 2.39. The van der Waals surface area contributed by atoms with Gasteiger partial charge < -0.3 is 10.5 Å². The lowest BCUT2D eigenvalue weighted by Gasteiger charge is -2.33. The Hall–Kier alpha value is -1.93. The summed E-state index contributed by atoms with van der Waals surface area (Å²) in [6, 6.07) is 7.00. The summed E-state index contributed by atoms with van der Waals surface area (Å²) in [7, 11) is -3.80. The van der Waals surface area contributed by atoms with Crippen molar-refractivity contribution in [2.45, 2.75) is 43.2 Å². The SMILES string of the molecule is CC(OC(=O)C1CCCCN1S(=O)(=O)c1ccccc1)C(N)=O. The normalized spacial score (nSPS) is 20.7. The predicted molar refractivity (Wildman–Crippen MR) is 82.7 cm³/mol. The third kappa shape index (κ3) is 3.89. The second-order valence-electron chi connectivity index (χ2n) is 5.42. The van der Waals surface area contributed by atoms with Gasteiger partial charge in [-0.05, 0) is 38.3 Å². The Kier molecular flexibility index (Phi) is 5.38. The van der Waals surface area contributed by atoms with Crippen molar-refractivity contribution in [1.82, 2.24) is 4.31 Å². The van der Waals surface area contributed by atoms with E-state index in [0.717, 1.165) is 4.31 Å². The number of hydrogen-bond donors (Lipinski definition) is 1. The fourth-order valence-corrected chi connectivity index (χ4v) is 4.13. The Bertz CT molecular complexity index is 674. The summed E-state index contributed by atoms with van der Waals surface area (Å²) in [4.78, 5) is 23.4. The van der Waals surface area contributed by atoms with Crippen LogP contribution in [0.5, 0.6) is 0 Å². The van der Waals surface area contributed by atoms with Gasteiger partial charge in [-0.1, -0.05) is 18.2 Å². The molecular formula is C15H20N2O5S. The van der Waals surface area contributed by atoms with E-state index in [1.165, 1.54) is 19.1 Å². The molecule has 1 aromatic rings. The third-order valence-electron chi connectivity index (χ3n) is 3.77. The van der Waals surface area contributed by atoms with Crippen LogP contribution >= 0.6 is 0 Å².